The molecule has 0 fully saturated rings. The molecule has 0 aliphatic rings. The molecule has 0 radical (unpaired) electrons. The van der Waals surface area contributed by atoms with Gasteiger partial charge in [0.25, 0.3) is 0 Å². The molecule has 3 nitrogen and oxygen atoms in total. The zero-order valence-electron chi connectivity index (χ0n) is 19.8. The molecule has 0 atom stereocenters. The van der Waals surface area contributed by atoms with E-state index in [0.29, 0.717) is 13.0 Å². The molecule has 3 aromatic rings. The molecule has 3 heteroatoms. The fraction of sp³-hybridized carbons (Fsp3) is 0.345. The van der Waals surface area contributed by atoms with Gasteiger partial charge in [-0.05, 0) is 61.3 Å². The minimum absolute atomic E-state index is 0.0367. The largest absolute Gasteiger partial charge is 0.492 e. The van der Waals surface area contributed by atoms with Gasteiger partial charge in [0.2, 0.25) is 0 Å². The maximum Gasteiger partial charge on any atom is 0.164 e. The maximum atomic E-state index is 13.4. The Kier molecular flexibility index (Phi) is 8.64. The molecule has 32 heavy (non-hydrogen) atoms. The van der Waals surface area contributed by atoms with E-state index in [2.05, 4.69) is 43.0 Å². The van der Waals surface area contributed by atoms with E-state index in [4.69, 9.17) is 4.74 Å². The van der Waals surface area contributed by atoms with Crippen LogP contribution in [0.2, 0.25) is 0 Å². The van der Waals surface area contributed by atoms with Crippen LogP contribution in [0.3, 0.4) is 0 Å². The number of carbonyl (C=O) groups excluding carboxylic acids is 1. The summed E-state index contributed by atoms with van der Waals surface area (Å²) in [5.41, 5.74) is 5.10. The second kappa shape index (κ2) is 11.6. The van der Waals surface area contributed by atoms with E-state index in [9.17, 15) is 4.79 Å². The topological polar surface area (TPSA) is 29.5 Å². The minimum atomic E-state index is 0.0367. The first-order valence-corrected chi connectivity index (χ1v) is 11.6. The van der Waals surface area contributed by atoms with Crippen LogP contribution in [0.5, 0.6) is 5.75 Å². The van der Waals surface area contributed by atoms with Crippen LogP contribution in [0.1, 0.15) is 58.8 Å². The number of aryl methyl sites for hydroxylation is 2. The first kappa shape index (κ1) is 23.7. The Bertz CT molecular complexity index is 955. The van der Waals surface area contributed by atoms with Crippen molar-refractivity contribution in [1.82, 2.24) is 4.90 Å². The summed E-state index contributed by atoms with van der Waals surface area (Å²) in [6.07, 6.45) is 0.441. The second-order valence-corrected chi connectivity index (χ2v) is 8.31. The molecular formula is C29H35NO2. The van der Waals surface area contributed by atoms with Gasteiger partial charge in [-0.2, -0.15) is 0 Å². The van der Waals surface area contributed by atoms with Gasteiger partial charge in [-0.15, -0.1) is 0 Å². The average Bonchev–Trinajstić information content (AvgIpc) is 2.83. The second-order valence-electron chi connectivity index (χ2n) is 8.31. The molecule has 168 valence electrons. The van der Waals surface area contributed by atoms with Crippen molar-refractivity contribution in [2.75, 3.05) is 26.2 Å². The van der Waals surface area contributed by atoms with Gasteiger partial charge in [0, 0.05) is 24.4 Å². The molecule has 0 aromatic heterocycles. The van der Waals surface area contributed by atoms with E-state index in [1.165, 1.54) is 0 Å². The summed E-state index contributed by atoms with van der Waals surface area (Å²) in [5, 5.41) is 0. The van der Waals surface area contributed by atoms with Gasteiger partial charge in [-0.1, -0.05) is 74.5 Å². The highest BCUT2D eigenvalue weighted by Crippen LogP contribution is 2.31. The summed E-state index contributed by atoms with van der Waals surface area (Å²) in [6.45, 7) is 12.0. The number of likely N-dealkylation sites (N-methyl/N-ethyl adjacent to an activating group) is 1. The highest BCUT2D eigenvalue weighted by Gasteiger charge is 2.21. The first-order chi connectivity index (χ1) is 15.5. The van der Waals surface area contributed by atoms with Gasteiger partial charge in [-0.3, -0.25) is 4.79 Å². The fourth-order valence-electron chi connectivity index (χ4n) is 4.16. The zero-order valence-corrected chi connectivity index (χ0v) is 19.8. The van der Waals surface area contributed by atoms with Crippen LogP contribution in [-0.2, 0) is 0 Å². The predicted octanol–water partition coefficient (Wildman–Crippen LogP) is 6.43. The molecule has 0 aliphatic heterocycles. The lowest BCUT2D eigenvalue weighted by molar-refractivity contribution is 0.0977. The van der Waals surface area contributed by atoms with Crippen molar-refractivity contribution in [3.05, 3.63) is 101 Å². The van der Waals surface area contributed by atoms with Crippen LogP contribution >= 0.6 is 0 Å². The van der Waals surface area contributed by atoms with E-state index >= 15 is 0 Å². The van der Waals surface area contributed by atoms with Gasteiger partial charge in [-0.25, -0.2) is 0 Å². The van der Waals surface area contributed by atoms with Crippen LogP contribution in [0, 0.1) is 13.8 Å². The van der Waals surface area contributed by atoms with Crippen LogP contribution in [0.25, 0.3) is 0 Å². The van der Waals surface area contributed by atoms with Crippen molar-refractivity contribution in [2.24, 2.45) is 0 Å². The number of ether oxygens (including phenoxy) is 1. The average molecular weight is 430 g/mol. The highest BCUT2D eigenvalue weighted by atomic mass is 16.5. The van der Waals surface area contributed by atoms with E-state index in [1.807, 2.05) is 62.4 Å². The van der Waals surface area contributed by atoms with Crippen molar-refractivity contribution in [2.45, 2.75) is 40.0 Å². The van der Waals surface area contributed by atoms with Crippen molar-refractivity contribution in [3.63, 3.8) is 0 Å². The number of ketones is 1. The number of Topliss-reactive ketones (excluding diaryl/α,β-unsaturated/α-hetero) is 1. The number of hydrogen-bond acceptors (Lipinski definition) is 3. The quantitative estimate of drug-likeness (QED) is 0.329. The normalized spacial score (nSPS) is 11.2. The van der Waals surface area contributed by atoms with Crippen LogP contribution in [0.15, 0.2) is 72.8 Å². The molecule has 3 rings (SSSR count). The number of rotatable bonds is 11. The van der Waals surface area contributed by atoms with Crippen LogP contribution in [0.4, 0.5) is 0 Å². The Morgan fingerprint density at radius 2 is 1.41 bits per heavy atom. The predicted molar refractivity (Wildman–Crippen MR) is 133 cm³/mol. The summed E-state index contributed by atoms with van der Waals surface area (Å²) in [5.74, 6) is 1.07. The van der Waals surface area contributed by atoms with E-state index in [0.717, 1.165) is 53.2 Å². The molecule has 0 spiro atoms. The molecule has 0 bridgehead atoms. The number of carbonyl (C=O) groups is 1. The van der Waals surface area contributed by atoms with Gasteiger partial charge < -0.3 is 9.64 Å². The molecule has 0 amide bonds. The molecule has 0 saturated heterocycles. The number of benzene rings is 3. The Morgan fingerprint density at radius 3 is 1.94 bits per heavy atom. The van der Waals surface area contributed by atoms with E-state index in [1.54, 1.807) is 0 Å². The van der Waals surface area contributed by atoms with Gasteiger partial charge in [0.05, 0.1) is 0 Å². The third kappa shape index (κ3) is 6.08. The van der Waals surface area contributed by atoms with Crippen molar-refractivity contribution >= 4 is 5.78 Å². The highest BCUT2D eigenvalue weighted by molar-refractivity contribution is 5.98. The van der Waals surface area contributed by atoms with Crippen LogP contribution < -0.4 is 4.74 Å². The molecular weight excluding hydrogens is 394 g/mol. The van der Waals surface area contributed by atoms with E-state index < -0.39 is 0 Å². The third-order valence-corrected chi connectivity index (χ3v) is 6.18. The SMILES string of the molecule is CCN(CC)CCOc1cc(C)c(C(=O)CC(c2ccccc2)c2ccccc2)cc1C. The molecule has 0 aliphatic carbocycles. The molecule has 0 saturated carbocycles. The van der Waals surface area contributed by atoms with E-state index in [-0.39, 0.29) is 11.7 Å². The molecule has 0 unspecified atom stereocenters. The maximum absolute atomic E-state index is 13.4. The summed E-state index contributed by atoms with van der Waals surface area (Å²) in [6, 6.07) is 24.6. The molecule has 3 aromatic carbocycles. The number of nitrogens with zero attached hydrogens (tertiary/aromatic N) is 1. The Labute approximate surface area is 193 Å². The van der Waals surface area contributed by atoms with Gasteiger partial charge in [0.1, 0.15) is 12.4 Å². The lowest BCUT2D eigenvalue weighted by Gasteiger charge is -2.20. The minimum Gasteiger partial charge on any atom is -0.492 e. The zero-order chi connectivity index (χ0) is 22.9. The lowest BCUT2D eigenvalue weighted by Crippen LogP contribution is -2.28. The smallest absolute Gasteiger partial charge is 0.164 e. The Balaban J connectivity index is 1.78. The van der Waals surface area contributed by atoms with Crippen molar-refractivity contribution in [1.29, 1.82) is 0 Å². The Hall–Kier alpha value is -2.91. The van der Waals surface area contributed by atoms with Crippen molar-refractivity contribution < 1.29 is 9.53 Å². The van der Waals surface area contributed by atoms with Gasteiger partial charge >= 0.3 is 0 Å². The summed E-state index contributed by atoms with van der Waals surface area (Å²) in [7, 11) is 0. The fourth-order valence-corrected chi connectivity index (χ4v) is 4.16. The summed E-state index contributed by atoms with van der Waals surface area (Å²) < 4.78 is 6.05. The molecule has 0 N–H and O–H groups in total. The monoisotopic (exact) mass is 429 g/mol. The summed E-state index contributed by atoms with van der Waals surface area (Å²) >= 11 is 0. The third-order valence-electron chi connectivity index (χ3n) is 6.18. The standard InChI is InChI=1S/C29H35NO2/c1-5-30(6-2)17-18-32-29-20-22(3)26(19-23(29)4)28(31)21-27(24-13-9-7-10-14-24)25-15-11-8-12-16-25/h7-16,19-20,27H,5-6,17-18,21H2,1-4H3. The lowest BCUT2D eigenvalue weighted by atomic mass is 9.85. The van der Waals surface area contributed by atoms with Crippen LogP contribution in [-0.4, -0.2) is 36.9 Å². The number of hydrogen-bond donors (Lipinski definition) is 0. The Morgan fingerprint density at radius 1 is 0.844 bits per heavy atom. The molecule has 0 heterocycles. The summed E-state index contributed by atoms with van der Waals surface area (Å²) in [4.78, 5) is 15.8. The van der Waals surface area contributed by atoms with Gasteiger partial charge in [0.15, 0.2) is 5.78 Å². The first-order valence-electron chi connectivity index (χ1n) is 11.6. The van der Waals surface area contributed by atoms with Crippen molar-refractivity contribution in [3.8, 4) is 5.75 Å².